The third-order valence-corrected chi connectivity index (χ3v) is 3.58. The predicted octanol–water partition coefficient (Wildman–Crippen LogP) is 2.85. The molecular weight excluding hydrogens is 254 g/mol. The van der Waals surface area contributed by atoms with Crippen molar-refractivity contribution in [1.82, 2.24) is 4.57 Å². The number of benzene rings is 1. The van der Waals surface area contributed by atoms with Gasteiger partial charge in [-0.05, 0) is 26.3 Å². The summed E-state index contributed by atoms with van der Waals surface area (Å²) in [7, 11) is 0. The molecule has 0 aliphatic heterocycles. The lowest BCUT2D eigenvalue weighted by Crippen LogP contribution is -2.25. The van der Waals surface area contributed by atoms with Gasteiger partial charge in [0.1, 0.15) is 5.56 Å². The monoisotopic (exact) mass is 271 g/mol. The zero-order valence-corrected chi connectivity index (χ0v) is 11.8. The summed E-state index contributed by atoms with van der Waals surface area (Å²) in [6, 6.07) is 9.19. The Morgan fingerprint density at radius 1 is 1.15 bits per heavy atom. The van der Waals surface area contributed by atoms with Crippen LogP contribution in [0.5, 0.6) is 0 Å². The first-order valence-corrected chi connectivity index (χ1v) is 6.51. The van der Waals surface area contributed by atoms with E-state index < -0.39 is 11.4 Å². The topological polar surface area (TPSA) is 59.3 Å². The van der Waals surface area contributed by atoms with Crippen molar-refractivity contribution in [2.75, 3.05) is 0 Å². The molecule has 0 aliphatic carbocycles. The molecule has 0 fully saturated rings. The molecule has 0 saturated carbocycles. The van der Waals surface area contributed by atoms with Crippen molar-refractivity contribution in [3.8, 4) is 11.1 Å². The summed E-state index contributed by atoms with van der Waals surface area (Å²) in [5.41, 5.74) is 1.96. The van der Waals surface area contributed by atoms with Gasteiger partial charge < -0.3 is 9.67 Å². The molecule has 0 radical (unpaired) electrons. The Morgan fingerprint density at radius 3 is 2.25 bits per heavy atom. The van der Waals surface area contributed by atoms with Gasteiger partial charge in [0.15, 0.2) is 0 Å². The van der Waals surface area contributed by atoms with Gasteiger partial charge in [0, 0.05) is 23.5 Å². The van der Waals surface area contributed by atoms with Crippen LogP contribution in [-0.4, -0.2) is 15.6 Å². The summed E-state index contributed by atoms with van der Waals surface area (Å²) in [5.74, 6) is -1.17. The molecule has 0 amide bonds. The Morgan fingerprint density at radius 2 is 1.75 bits per heavy atom. The van der Waals surface area contributed by atoms with Crippen molar-refractivity contribution < 1.29 is 9.90 Å². The number of hydrogen-bond acceptors (Lipinski definition) is 2. The molecule has 1 heterocycles. The first-order chi connectivity index (χ1) is 9.49. The molecule has 0 atom stereocenters. The van der Waals surface area contributed by atoms with Gasteiger partial charge in [-0.3, -0.25) is 4.79 Å². The third kappa shape index (κ3) is 2.13. The minimum absolute atomic E-state index is 0.142. The Balaban J connectivity index is 2.92. The second kappa shape index (κ2) is 5.33. The Bertz CT molecular complexity index is 715. The van der Waals surface area contributed by atoms with Crippen LogP contribution >= 0.6 is 0 Å². The standard InChI is InChI=1S/C16H17NO3/c1-4-17-10(2)13(12-8-6-5-7-9-12)15(18)14(11(17)3)16(19)20/h5-9H,4H2,1-3H3,(H,19,20). The summed E-state index contributed by atoms with van der Waals surface area (Å²) in [4.78, 5) is 23.9. The van der Waals surface area contributed by atoms with E-state index in [9.17, 15) is 14.7 Å². The summed E-state index contributed by atoms with van der Waals surface area (Å²) in [5, 5.41) is 9.32. The number of rotatable bonds is 3. The highest BCUT2D eigenvalue weighted by molar-refractivity contribution is 5.90. The van der Waals surface area contributed by atoms with E-state index >= 15 is 0 Å². The van der Waals surface area contributed by atoms with Crippen LogP contribution in [0.1, 0.15) is 28.7 Å². The zero-order valence-electron chi connectivity index (χ0n) is 11.8. The molecule has 1 aromatic carbocycles. The molecule has 1 aromatic heterocycles. The SMILES string of the molecule is CCn1c(C)c(C(=O)O)c(=O)c(-c2ccccc2)c1C. The highest BCUT2D eigenvalue weighted by atomic mass is 16.4. The fourth-order valence-electron chi connectivity index (χ4n) is 2.65. The third-order valence-electron chi connectivity index (χ3n) is 3.58. The first-order valence-electron chi connectivity index (χ1n) is 6.51. The molecule has 104 valence electrons. The van der Waals surface area contributed by atoms with E-state index in [1.54, 1.807) is 6.92 Å². The number of carboxylic acid groups (broad SMARTS) is 1. The van der Waals surface area contributed by atoms with Crippen LogP contribution in [0.15, 0.2) is 35.1 Å². The molecule has 0 saturated heterocycles. The van der Waals surface area contributed by atoms with Crippen LogP contribution in [0.2, 0.25) is 0 Å². The molecule has 1 N–H and O–H groups in total. The molecule has 0 bridgehead atoms. The van der Waals surface area contributed by atoms with E-state index in [2.05, 4.69) is 0 Å². The van der Waals surface area contributed by atoms with Crippen LogP contribution in [0.25, 0.3) is 11.1 Å². The average molecular weight is 271 g/mol. The quantitative estimate of drug-likeness (QED) is 0.933. The second-order valence-corrected chi connectivity index (χ2v) is 4.67. The molecule has 2 aromatic rings. The van der Waals surface area contributed by atoms with Crippen molar-refractivity contribution in [1.29, 1.82) is 0 Å². The van der Waals surface area contributed by atoms with Gasteiger partial charge in [0.2, 0.25) is 5.43 Å². The fraction of sp³-hybridized carbons (Fsp3) is 0.250. The van der Waals surface area contributed by atoms with Crippen molar-refractivity contribution in [3.05, 3.63) is 57.5 Å². The van der Waals surface area contributed by atoms with Gasteiger partial charge >= 0.3 is 5.97 Å². The lowest BCUT2D eigenvalue weighted by atomic mass is 9.99. The maximum Gasteiger partial charge on any atom is 0.341 e. The average Bonchev–Trinajstić information content (AvgIpc) is 2.39. The lowest BCUT2D eigenvalue weighted by Gasteiger charge is -2.18. The van der Waals surface area contributed by atoms with Crippen LogP contribution < -0.4 is 5.43 Å². The number of hydrogen-bond donors (Lipinski definition) is 1. The van der Waals surface area contributed by atoms with Crippen molar-refractivity contribution >= 4 is 5.97 Å². The van der Waals surface area contributed by atoms with E-state index in [0.717, 1.165) is 11.3 Å². The number of nitrogens with zero attached hydrogens (tertiary/aromatic N) is 1. The van der Waals surface area contributed by atoms with Crippen molar-refractivity contribution in [2.45, 2.75) is 27.3 Å². The van der Waals surface area contributed by atoms with Gasteiger partial charge in [0.25, 0.3) is 0 Å². The van der Waals surface area contributed by atoms with Gasteiger partial charge in [-0.15, -0.1) is 0 Å². The van der Waals surface area contributed by atoms with Gasteiger partial charge in [-0.1, -0.05) is 30.3 Å². The zero-order chi connectivity index (χ0) is 14.9. The second-order valence-electron chi connectivity index (χ2n) is 4.67. The Hall–Kier alpha value is -2.36. The molecule has 0 aliphatic rings. The van der Waals surface area contributed by atoms with Crippen LogP contribution in [0, 0.1) is 13.8 Å². The van der Waals surface area contributed by atoms with E-state index in [0.29, 0.717) is 17.8 Å². The molecule has 20 heavy (non-hydrogen) atoms. The van der Waals surface area contributed by atoms with Gasteiger partial charge in [-0.25, -0.2) is 4.79 Å². The number of pyridine rings is 1. The molecule has 4 nitrogen and oxygen atoms in total. The molecule has 0 spiro atoms. The first kappa shape index (κ1) is 14.1. The van der Waals surface area contributed by atoms with Crippen LogP contribution in [0.4, 0.5) is 0 Å². The Kier molecular flexibility index (Phi) is 3.74. The van der Waals surface area contributed by atoms with E-state index in [1.807, 2.05) is 48.7 Å². The van der Waals surface area contributed by atoms with E-state index in [-0.39, 0.29) is 5.56 Å². The van der Waals surface area contributed by atoms with E-state index in [4.69, 9.17) is 0 Å². The maximum atomic E-state index is 12.5. The summed E-state index contributed by atoms with van der Waals surface area (Å²) in [6.07, 6.45) is 0. The van der Waals surface area contributed by atoms with Crippen molar-refractivity contribution in [2.24, 2.45) is 0 Å². The maximum absolute atomic E-state index is 12.5. The largest absolute Gasteiger partial charge is 0.477 e. The van der Waals surface area contributed by atoms with Gasteiger partial charge in [0.05, 0.1) is 0 Å². The molecular formula is C16H17NO3. The lowest BCUT2D eigenvalue weighted by molar-refractivity contribution is 0.0693. The van der Waals surface area contributed by atoms with Crippen LogP contribution in [-0.2, 0) is 6.54 Å². The van der Waals surface area contributed by atoms with Crippen LogP contribution in [0.3, 0.4) is 0 Å². The number of carboxylic acids is 1. The smallest absolute Gasteiger partial charge is 0.341 e. The molecule has 0 unspecified atom stereocenters. The fourth-order valence-corrected chi connectivity index (χ4v) is 2.65. The Labute approximate surface area is 117 Å². The van der Waals surface area contributed by atoms with E-state index in [1.165, 1.54) is 0 Å². The predicted molar refractivity (Wildman–Crippen MR) is 78.2 cm³/mol. The molecule has 4 heteroatoms. The number of aromatic nitrogens is 1. The highest BCUT2D eigenvalue weighted by Gasteiger charge is 2.21. The van der Waals surface area contributed by atoms with Crippen molar-refractivity contribution in [3.63, 3.8) is 0 Å². The minimum atomic E-state index is -1.17. The van der Waals surface area contributed by atoms with Gasteiger partial charge in [-0.2, -0.15) is 0 Å². The highest BCUT2D eigenvalue weighted by Crippen LogP contribution is 2.22. The minimum Gasteiger partial charge on any atom is -0.477 e. The number of carbonyl (C=O) groups is 1. The summed E-state index contributed by atoms with van der Waals surface area (Å²) in [6.45, 7) is 6.09. The number of aromatic carboxylic acids is 1. The normalized spacial score (nSPS) is 10.6. The summed E-state index contributed by atoms with van der Waals surface area (Å²) < 4.78 is 1.87. The molecule has 2 rings (SSSR count). The summed E-state index contributed by atoms with van der Waals surface area (Å²) >= 11 is 0.